The second-order valence-corrected chi connectivity index (χ2v) is 5.05. The lowest BCUT2D eigenvalue weighted by atomic mass is 10.2. The predicted octanol–water partition coefficient (Wildman–Crippen LogP) is 1.65. The summed E-state index contributed by atoms with van der Waals surface area (Å²) in [5.41, 5.74) is 0.889. The molecule has 19 heavy (non-hydrogen) atoms. The average Bonchev–Trinajstić information content (AvgIpc) is 3.06. The minimum absolute atomic E-state index is 0.175. The van der Waals surface area contributed by atoms with Gasteiger partial charge in [0.15, 0.2) is 16.7 Å². The third-order valence-electron chi connectivity index (χ3n) is 2.64. The number of benzene rings is 1. The maximum absolute atomic E-state index is 11.7. The van der Waals surface area contributed by atoms with Crippen molar-refractivity contribution in [1.82, 2.24) is 5.32 Å². The lowest BCUT2D eigenvalue weighted by Gasteiger charge is -2.00. The van der Waals surface area contributed by atoms with Gasteiger partial charge in [-0.2, -0.15) is 0 Å². The molecule has 0 radical (unpaired) electrons. The van der Waals surface area contributed by atoms with Crippen LogP contribution in [0.3, 0.4) is 0 Å². The molecule has 1 N–H and O–H groups in total. The van der Waals surface area contributed by atoms with Crippen LogP contribution in [0.4, 0.5) is 0 Å². The molecule has 0 saturated heterocycles. The van der Waals surface area contributed by atoms with Gasteiger partial charge in [-0.15, -0.1) is 0 Å². The average molecular weight is 276 g/mol. The maximum Gasteiger partial charge on any atom is 0.249 e. The largest absolute Gasteiger partial charge is 0.454 e. The molecule has 3 rings (SSSR count). The van der Waals surface area contributed by atoms with Gasteiger partial charge >= 0.3 is 0 Å². The zero-order chi connectivity index (χ0) is 13.1. The van der Waals surface area contributed by atoms with Gasteiger partial charge in [-0.3, -0.25) is 9.79 Å². The summed E-state index contributed by atoms with van der Waals surface area (Å²) in [6, 6.07) is 5.55. The fourth-order valence-electron chi connectivity index (χ4n) is 1.75. The first-order chi connectivity index (χ1) is 9.31. The number of thioether (sulfide) groups is 1. The van der Waals surface area contributed by atoms with Gasteiger partial charge in [-0.1, -0.05) is 17.8 Å². The van der Waals surface area contributed by atoms with Crippen molar-refractivity contribution < 1.29 is 14.3 Å². The molecule has 98 valence electrons. The van der Waals surface area contributed by atoms with Crippen molar-refractivity contribution >= 4 is 28.9 Å². The number of rotatable bonds is 2. The highest BCUT2D eigenvalue weighted by atomic mass is 32.2. The number of hydrogen-bond donors (Lipinski definition) is 1. The van der Waals surface area contributed by atoms with Gasteiger partial charge in [0.2, 0.25) is 12.7 Å². The third-order valence-corrected chi connectivity index (χ3v) is 3.53. The van der Waals surface area contributed by atoms with Crippen LogP contribution in [0.25, 0.3) is 6.08 Å². The van der Waals surface area contributed by atoms with Crippen LogP contribution in [0.5, 0.6) is 11.5 Å². The van der Waals surface area contributed by atoms with Crippen LogP contribution in [0, 0.1) is 0 Å². The Morgan fingerprint density at radius 1 is 1.37 bits per heavy atom. The maximum atomic E-state index is 11.7. The van der Waals surface area contributed by atoms with E-state index in [0.717, 1.165) is 23.6 Å². The number of carbonyl (C=O) groups is 1. The molecule has 0 saturated carbocycles. The molecule has 0 aromatic heterocycles. The van der Waals surface area contributed by atoms with Crippen molar-refractivity contribution in [2.75, 3.05) is 19.1 Å². The topological polar surface area (TPSA) is 59.9 Å². The fourth-order valence-corrected chi connectivity index (χ4v) is 2.48. The standard InChI is InChI=1S/C13H12N2O3S/c16-12(15-13-14-5-6-19-13)4-2-9-1-3-10-11(7-9)18-8-17-10/h1-4,7H,5-6,8H2,(H,14,15,16)/b4-2+. The first-order valence-electron chi connectivity index (χ1n) is 5.87. The van der Waals surface area contributed by atoms with E-state index in [0.29, 0.717) is 10.9 Å². The molecule has 6 heteroatoms. The number of nitrogens with one attached hydrogen (secondary N) is 1. The summed E-state index contributed by atoms with van der Waals surface area (Å²) in [5, 5.41) is 3.43. The number of aliphatic imine (C=N–C) groups is 1. The Balaban J connectivity index is 1.63. The van der Waals surface area contributed by atoms with Crippen LogP contribution >= 0.6 is 11.8 Å². The molecule has 1 aromatic carbocycles. The molecule has 2 aliphatic heterocycles. The van der Waals surface area contributed by atoms with E-state index in [4.69, 9.17) is 9.47 Å². The lowest BCUT2D eigenvalue weighted by Crippen LogP contribution is -2.25. The van der Waals surface area contributed by atoms with Gasteiger partial charge in [0.25, 0.3) is 0 Å². The van der Waals surface area contributed by atoms with E-state index in [2.05, 4.69) is 10.3 Å². The van der Waals surface area contributed by atoms with E-state index in [9.17, 15) is 4.79 Å². The van der Waals surface area contributed by atoms with E-state index in [-0.39, 0.29) is 12.7 Å². The van der Waals surface area contributed by atoms with E-state index >= 15 is 0 Å². The summed E-state index contributed by atoms with van der Waals surface area (Å²) in [7, 11) is 0. The van der Waals surface area contributed by atoms with E-state index < -0.39 is 0 Å². The van der Waals surface area contributed by atoms with Crippen LogP contribution in [-0.4, -0.2) is 30.2 Å². The summed E-state index contributed by atoms with van der Waals surface area (Å²) in [6.45, 7) is 1.02. The van der Waals surface area contributed by atoms with Crippen molar-refractivity contribution in [1.29, 1.82) is 0 Å². The van der Waals surface area contributed by atoms with Gasteiger partial charge in [0, 0.05) is 11.8 Å². The molecule has 0 unspecified atom stereocenters. The molecule has 2 aliphatic rings. The SMILES string of the molecule is O=C(/C=C/c1ccc2c(c1)OCO2)NC1=NCCS1. The molecule has 0 fully saturated rings. The van der Waals surface area contributed by atoms with Gasteiger partial charge in [0.05, 0.1) is 6.54 Å². The van der Waals surface area contributed by atoms with E-state index in [1.807, 2.05) is 18.2 Å². The Morgan fingerprint density at radius 3 is 3.11 bits per heavy atom. The Morgan fingerprint density at radius 2 is 2.26 bits per heavy atom. The quantitative estimate of drug-likeness (QED) is 0.834. The van der Waals surface area contributed by atoms with Crippen LogP contribution in [0.1, 0.15) is 5.56 Å². The minimum Gasteiger partial charge on any atom is -0.454 e. The summed E-state index contributed by atoms with van der Waals surface area (Å²) in [4.78, 5) is 15.8. The number of fused-ring (bicyclic) bond motifs is 1. The first-order valence-corrected chi connectivity index (χ1v) is 6.86. The van der Waals surface area contributed by atoms with Gasteiger partial charge in [-0.25, -0.2) is 0 Å². The van der Waals surface area contributed by atoms with Crippen LogP contribution in [0.2, 0.25) is 0 Å². The number of carbonyl (C=O) groups excluding carboxylic acids is 1. The molecule has 0 spiro atoms. The van der Waals surface area contributed by atoms with Crippen molar-refractivity contribution in [3.05, 3.63) is 29.8 Å². The van der Waals surface area contributed by atoms with Crippen molar-refractivity contribution in [3.63, 3.8) is 0 Å². The highest BCUT2D eigenvalue weighted by molar-refractivity contribution is 8.14. The summed E-state index contributed by atoms with van der Waals surface area (Å²) in [6.07, 6.45) is 3.22. The van der Waals surface area contributed by atoms with Crippen LogP contribution < -0.4 is 14.8 Å². The van der Waals surface area contributed by atoms with Crippen molar-refractivity contribution in [2.24, 2.45) is 4.99 Å². The Bertz CT molecular complexity index is 569. The molecular formula is C13H12N2O3S. The summed E-state index contributed by atoms with van der Waals surface area (Å²) in [5.74, 6) is 2.20. The number of amidine groups is 1. The zero-order valence-corrected chi connectivity index (χ0v) is 10.9. The Labute approximate surface area is 114 Å². The molecular weight excluding hydrogens is 264 g/mol. The monoisotopic (exact) mass is 276 g/mol. The normalized spacial score (nSPS) is 16.7. The molecule has 0 atom stereocenters. The van der Waals surface area contributed by atoms with E-state index in [1.54, 1.807) is 17.8 Å². The number of nitrogens with zero attached hydrogens (tertiary/aromatic N) is 1. The number of amides is 1. The third kappa shape index (κ3) is 2.90. The number of ether oxygens (including phenoxy) is 2. The number of hydrogen-bond acceptors (Lipinski definition) is 5. The smallest absolute Gasteiger partial charge is 0.249 e. The summed E-state index contributed by atoms with van der Waals surface area (Å²) >= 11 is 1.56. The second-order valence-electron chi connectivity index (χ2n) is 3.97. The first kappa shape index (κ1) is 12.1. The zero-order valence-electron chi connectivity index (χ0n) is 10.1. The molecule has 1 aromatic rings. The minimum atomic E-state index is -0.175. The second kappa shape index (κ2) is 5.36. The molecule has 2 heterocycles. The van der Waals surface area contributed by atoms with Gasteiger partial charge < -0.3 is 14.8 Å². The molecule has 0 bridgehead atoms. The van der Waals surface area contributed by atoms with Crippen LogP contribution in [0.15, 0.2) is 29.3 Å². The lowest BCUT2D eigenvalue weighted by molar-refractivity contribution is -0.115. The highest BCUT2D eigenvalue weighted by Gasteiger charge is 2.12. The van der Waals surface area contributed by atoms with E-state index in [1.165, 1.54) is 6.08 Å². The molecule has 0 aliphatic carbocycles. The molecule has 5 nitrogen and oxygen atoms in total. The molecule has 1 amide bonds. The highest BCUT2D eigenvalue weighted by Crippen LogP contribution is 2.32. The van der Waals surface area contributed by atoms with Gasteiger partial charge in [0.1, 0.15) is 0 Å². The van der Waals surface area contributed by atoms with Crippen molar-refractivity contribution in [3.8, 4) is 11.5 Å². The van der Waals surface area contributed by atoms with Crippen LogP contribution in [-0.2, 0) is 4.79 Å². The van der Waals surface area contributed by atoms with Crippen molar-refractivity contribution in [2.45, 2.75) is 0 Å². The Hall–Kier alpha value is -1.95. The summed E-state index contributed by atoms with van der Waals surface area (Å²) < 4.78 is 10.5. The van der Waals surface area contributed by atoms with Gasteiger partial charge in [-0.05, 0) is 23.8 Å². The Kier molecular flexibility index (Phi) is 3.41. The predicted molar refractivity (Wildman–Crippen MR) is 74.5 cm³/mol. The fraction of sp³-hybridized carbons (Fsp3) is 0.231.